The van der Waals surface area contributed by atoms with Gasteiger partial charge in [0.05, 0.1) is 0 Å². The van der Waals surface area contributed by atoms with Gasteiger partial charge in [-0.1, -0.05) is 13.0 Å². The summed E-state index contributed by atoms with van der Waals surface area (Å²) in [5.74, 6) is -2.07. The molecule has 0 radical (unpaired) electrons. The Hall–Kier alpha value is -1.45. The number of benzene rings is 1. The molecule has 18 heavy (non-hydrogen) atoms. The maximum atomic E-state index is 13.6. The highest BCUT2D eigenvalue weighted by molar-refractivity contribution is 5.95. The molecule has 1 aliphatic heterocycles. The fraction of sp³-hybridized carbons (Fsp3) is 0.500. The van der Waals surface area contributed by atoms with Gasteiger partial charge in [-0.25, -0.2) is 8.78 Å². The fourth-order valence-corrected chi connectivity index (χ4v) is 2.54. The van der Waals surface area contributed by atoms with Gasteiger partial charge < -0.3 is 4.90 Å². The van der Waals surface area contributed by atoms with Gasteiger partial charge in [0.1, 0.15) is 17.2 Å². The van der Waals surface area contributed by atoms with Crippen LogP contribution in [-0.4, -0.2) is 23.4 Å². The minimum absolute atomic E-state index is 0.102. The first kappa shape index (κ1) is 13.0. The summed E-state index contributed by atoms with van der Waals surface area (Å²) >= 11 is 0. The molecule has 0 N–H and O–H groups in total. The van der Waals surface area contributed by atoms with Gasteiger partial charge in [0.2, 0.25) is 0 Å². The smallest absolute Gasteiger partial charge is 0.260 e. The molecule has 0 spiro atoms. The van der Waals surface area contributed by atoms with Crippen molar-refractivity contribution >= 4 is 5.91 Å². The molecule has 1 heterocycles. The van der Waals surface area contributed by atoms with Crippen molar-refractivity contribution in [2.45, 2.75) is 38.6 Å². The Morgan fingerprint density at radius 1 is 1.33 bits per heavy atom. The molecule has 0 bridgehead atoms. The van der Waals surface area contributed by atoms with Gasteiger partial charge in [0, 0.05) is 12.6 Å². The Labute approximate surface area is 106 Å². The number of likely N-dealkylation sites (tertiary alicyclic amines) is 1. The average Bonchev–Trinajstić information content (AvgIpc) is 2.38. The molecule has 0 saturated carbocycles. The molecule has 1 amide bonds. The molecule has 2 rings (SSSR count). The second-order valence-electron chi connectivity index (χ2n) is 4.65. The number of halogens is 2. The predicted molar refractivity (Wildman–Crippen MR) is 65.3 cm³/mol. The maximum Gasteiger partial charge on any atom is 0.260 e. The van der Waals surface area contributed by atoms with E-state index in [1.807, 2.05) is 6.92 Å². The third-order valence-corrected chi connectivity index (χ3v) is 3.54. The molecule has 1 atom stereocenters. The Balaban J connectivity index is 2.30. The Morgan fingerprint density at radius 3 is 2.61 bits per heavy atom. The topological polar surface area (TPSA) is 20.3 Å². The normalized spacial score (nSPS) is 19.9. The predicted octanol–water partition coefficient (Wildman–Crippen LogP) is 3.37. The minimum Gasteiger partial charge on any atom is -0.335 e. The number of rotatable bonds is 2. The monoisotopic (exact) mass is 253 g/mol. The molecule has 0 aliphatic carbocycles. The van der Waals surface area contributed by atoms with Crippen LogP contribution < -0.4 is 0 Å². The van der Waals surface area contributed by atoms with Crippen LogP contribution in [0.25, 0.3) is 0 Å². The van der Waals surface area contributed by atoms with Crippen LogP contribution in [0.2, 0.25) is 0 Å². The lowest BCUT2D eigenvalue weighted by molar-refractivity contribution is 0.0598. The summed E-state index contributed by atoms with van der Waals surface area (Å²) < 4.78 is 27.2. The molecule has 98 valence electrons. The molecular formula is C14H17F2NO. The van der Waals surface area contributed by atoms with E-state index in [0.29, 0.717) is 6.54 Å². The summed E-state index contributed by atoms with van der Waals surface area (Å²) in [7, 11) is 0. The zero-order valence-electron chi connectivity index (χ0n) is 10.5. The lowest BCUT2D eigenvalue weighted by Crippen LogP contribution is -2.44. The molecule has 2 nitrogen and oxygen atoms in total. The van der Waals surface area contributed by atoms with Gasteiger partial charge in [-0.2, -0.15) is 0 Å². The molecule has 1 aromatic rings. The molecular weight excluding hydrogens is 236 g/mol. The lowest BCUT2D eigenvalue weighted by Gasteiger charge is -2.35. The Kier molecular flexibility index (Phi) is 3.94. The van der Waals surface area contributed by atoms with Gasteiger partial charge in [-0.3, -0.25) is 4.79 Å². The Morgan fingerprint density at radius 2 is 2.00 bits per heavy atom. The van der Waals surface area contributed by atoms with Crippen molar-refractivity contribution in [3.05, 3.63) is 35.4 Å². The zero-order chi connectivity index (χ0) is 13.1. The van der Waals surface area contributed by atoms with Crippen molar-refractivity contribution in [3.8, 4) is 0 Å². The summed E-state index contributed by atoms with van der Waals surface area (Å²) in [4.78, 5) is 13.9. The minimum atomic E-state index is -0.777. The highest BCUT2D eigenvalue weighted by atomic mass is 19.1. The van der Waals surface area contributed by atoms with E-state index in [9.17, 15) is 13.6 Å². The summed E-state index contributed by atoms with van der Waals surface area (Å²) in [6, 6.07) is 3.63. The van der Waals surface area contributed by atoms with E-state index in [0.717, 1.165) is 37.8 Å². The quantitative estimate of drug-likeness (QED) is 0.791. The second-order valence-corrected chi connectivity index (χ2v) is 4.65. The maximum absolute atomic E-state index is 13.6. The lowest BCUT2D eigenvalue weighted by atomic mass is 9.98. The SMILES string of the molecule is CCC1CCCCN1C(=O)c1c(F)cccc1F. The van der Waals surface area contributed by atoms with Crippen LogP contribution in [-0.2, 0) is 0 Å². The highest BCUT2D eigenvalue weighted by Crippen LogP contribution is 2.23. The largest absolute Gasteiger partial charge is 0.335 e. The van der Waals surface area contributed by atoms with Crippen LogP contribution in [0, 0.1) is 11.6 Å². The molecule has 0 aromatic heterocycles. The summed E-state index contributed by atoms with van der Waals surface area (Å²) in [6.45, 7) is 2.58. The standard InChI is InChI=1S/C14H17F2NO/c1-2-10-6-3-4-9-17(10)14(18)13-11(15)7-5-8-12(13)16/h5,7-8,10H,2-4,6,9H2,1H3. The van der Waals surface area contributed by atoms with Gasteiger partial charge in [0.15, 0.2) is 0 Å². The highest BCUT2D eigenvalue weighted by Gasteiger charge is 2.29. The van der Waals surface area contributed by atoms with Crippen molar-refractivity contribution in [1.82, 2.24) is 4.90 Å². The molecule has 1 saturated heterocycles. The van der Waals surface area contributed by atoms with Crippen molar-refractivity contribution in [3.63, 3.8) is 0 Å². The van der Waals surface area contributed by atoms with E-state index in [4.69, 9.17) is 0 Å². The van der Waals surface area contributed by atoms with Crippen molar-refractivity contribution in [2.75, 3.05) is 6.54 Å². The summed E-state index contributed by atoms with van der Waals surface area (Å²) in [5, 5.41) is 0. The van der Waals surface area contributed by atoms with Crippen LogP contribution in [0.4, 0.5) is 8.78 Å². The Bertz CT molecular complexity index is 427. The van der Waals surface area contributed by atoms with Crippen LogP contribution in [0.1, 0.15) is 43.0 Å². The molecule has 1 aliphatic rings. The molecule has 1 aromatic carbocycles. The number of hydrogen-bond donors (Lipinski definition) is 0. The van der Waals surface area contributed by atoms with E-state index in [2.05, 4.69) is 0 Å². The number of amides is 1. The molecule has 1 fully saturated rings. The first-order valence-electron chi connectivity index (χ1n) is 6.40. The molecule has 1 unspecified atom stereocenters. The number of carbonyl (C=O) groups excluding carboxylic acids is 1. The number of piperidine rings is 1. The molecule has 4 heteroatoms. The summed E-state index contributed by atoms with van der Waals surface area (Å²) in [6.07, 6.45) is 3.71. The van der Waals surface area contributed by atoms with E-state index in [-0.39, 0.29) is 6.04 Å². The van der Waals surface area contributed by atoms with Crippen LogP contribution >= 0.6 is 0 Å². The van der Waals surface area contributed by atoms with Crippen molar-refractivity contribution in [2.24, 2.45) is 0 Å². The summed E-state index contributed by atoms with van der Waals surface area (Å²) in [5.41, 5.74) is -0.419. The van der Waals surface area contributed by atoms with Crippen molar-refractivity contribution < 1.29 is 13.6 Å². The van der Waals surface area contributed by atoms with Gasteiger partial charge >= 0.3 is 0 Å². The van der Waals surface area contributed by atoms with Crippen molar-refractivity contribution in [1.29, 1.82) is 0 Å². The average molecular weight is 253 g/mol. The van der Waals surface area contributed by atoms with Crippen LogP contribution in [0.15, 0.2) is 18.2 Å². The third kappa shape index (κ3) is 2.37. The van der Waals surface area contributed by atoms with E-state index < -0.39 is 23.1 Å². The van der Waals surface area contributed by atoms with Gasteiger partial charge in [-0.15, -0.1) is 0 Å². The van der Waals surface area contributed by atoms with Gasteiger partial charge in [-0.05, 0) is 37.8 Å². The first-order valence-corrected chi connectivity index (χ1v) is 6.40. The van der Waals surface area contributed by atoms with Gasteiger partial charge in [0.25, 0.3) is 5.91 Å². The van der Waals surface area contributed by atoms with E-state index >= 15 is 0 Å². The number of nitrogens with zero attached hydrogens (tertiary/aromatic N) is 1. The van der Waals surface area contributed by atoms with E-state index in [1.54, 1.807) is 4.90 Å². The number of hydrogen-bond acceptors (Lipinski definition) is 1. The van der Waals surface area contributed by atoms with E-state index in [1.165, 1.54) is 6.07 Å². The second kappa shape index (κ2) is 5.46. The fourth-order valence-electron chi connectivity index (χ4n) is 2.54. The zero-order valence-corrected chi connectivity index (χ0v) is 10.5. The first-order chi connectivity index (χ1) is 8.65. The third-order valence-electron chi connectivity index (χ3n) is 3.54. The van der Waals surface area contributed by atoms with Crippen LogP contribution in [0.3, 0.4) is 0 Å². The number of carbonyl (C=O) groups is 1. The van der Waals surface area contributed by atoms with Crippen LogP contribution in [0.5, 0.6) is 0 Å².